The number of allylic oxidation sites excluding steroid dienone is 1. The summed E-state index contributed by atoms with van der Waals surface area (Å²) in [6, 6.07) is 9.49. The van der Waals surface area contributed by atoms with Crippen molar-refractivity contribution >= 4 is 27.7 Å². The largest absolute Gasteiger partial charge is 0.293 e. The maximum atomic E-state index is 13.4. The van der Waals surface area contributed by atoms with Crippen LogP contribution in [-0.4, -0.2) is 36.4 Å². The summed E-state index contributed by atoms with van der Waals surface area (Å²) < 4.78 is 24.6. The first-order valence-electron chi connectivity index (χ1n) is 12.0. The Bertz CT molecular complexity index is 941. The minimum absolute atomic E-state index is 0.0383. The molecule has 34 heavy (non-hydrogen) atoms. The summed E-state index contributed by atoms with van der Waals surface area (Å²) in [5.41, 5.74) is 4.58. The second-order valence-corrected chi connectivity index (χ2v) is 12.1. The number of hydrogen-bond donors (Lipinski definition) is 4. The normalized spacial score (nSPS) is 19.2. The van der Waals surface area contributed by atoms with E-state index in [-0.39, 0.29) is 18.3 Å². The lowest BCUT2D eigenvalue weighted by molar-refractivity contribution is -0.141. The van der Waals surface area contributed by atoms with Gasteiger partial charge in [0.2, 0.25) is 5.91 Å². The third kappa shape index (κ3) is 6.46. The van der Waals surface area contributed by atoms with Crippen LogP contribution in [0.2, 0.25) is 0 Å². The summed E-state index contributed by atoms with van der Waals surface area (Å²) in [5, 5.41) is 9.73. The number of nitrogens with two attached hydrogens (primary N) is 1. The first-order valence-corrected chi connectivity index (χ1v) is 13.9. The van der Waals surface area contributed by atoms with Crippen LogP contribution in [0.25, 0.3) is 6.08 Å². The van der Waals surface area contributed by atoms with E-state index in [1.165, 1.54) is 0 Å². The van der Waals surface area contributed by atoms with Gasteiger partial charge in [0.25, 0.3) is 5.91 Å². The SMILES string of the molecule is CC(C)C[C@](C(=O)NN)([C@H](C(=O)NO)C(/C=C/c1ccccc1)C1CCCCCC1)S(C)(=O)=O. The Morgan fingerprint density at radius 1 is 1.15 bits per heavy atom. The molecule has 5 N–H and O–H groups in total. The van der Waals surface area contributed by atoms with Gasteiger partial charge < -0.3 is 0 Å². The van der Waals surface area contributed by atoms with Crippen LogP contribution in [0.3, 0.4) is 0 Å². The zero-order chi connectivity index (χ0) is 25.4. The molecule has 0 bridgehead atoms. The summed E-state index contributed by atoms with van der Waals surface area (Å²) in [5.74, 6) is 1.39. The second-order valence-electron chi connectivity index (χ2n) is 9.79. The minimum Gasteiger partial charge on any atom is -0.293 e. The highest BCUT2D eigenvalue weighted by molar-refractivity contribution is 7.93. The molecule has 0 saturated heterocycles. The van der Waals surface area contributed by atoms with E-state index in [1.807, 2.05) is 47.9 Å². The maximum absolute atomic E-state index is 13.4. The Hall–Kier alpha value is -2.23. The van der Waals surface area contributed by atoms with Gasteiger partial charge in [-0.05, 0) is 42.6 Å². The van der Waals surface area contributed by atoms with E-state index in [2.05, 4.69) is 0 Å². The van der Waals surface area contributed by atoms with Crippen LogP contribution in [0.4, 0.5) is 0 Å². The highest BCUT2D eigenvalue weighted by Gasteiger charge is 2.59. The van der Waals surface area contributed by atoms with Gasteiger partial charge in [0.1, 0.15) is 0 Å². The molecule has 0 aliphatic heterocycles. The Labute approximate surface area is 203 Å². The fourth-order valence-corrected chi connectivity index (χ4v) is 7.19. The summed E-state index contributed by atoms with van der Waals surface area (Å²) in [4.78, 5) is 26.6. The van der Waals surface area contributed by atoms with Crippen molar-refractivity contribution < 1.29 is 23.2 Å². The summed E-state index contributed by atoms with van der Waals surface area (Å²) in [7, 11) is -4.16. The van der Waals surface area contributed by atoms with Crippen LogP contribution in [0, 0.1) is 23.7 Å². The van der Waals surface area contributed by atoms with Gasteiger partial charge in [-0.3, -0.25) is 20.2 Å². The van der Waals surface area contributed by atoms with E-state index in [0.717, 1.165) is 50.3 Å². The molecule has 190 valence electrons. The first-order chi connectivity index (χ1) is 16.1. The number of carbonyl (C=O) groups excluding carboxylic acids is 2. The number of amides is 2. The molecular weight excluding hydrogens is 454 g/mol. The Balaban J connectivity index is 2.79. The molecule has 2 rings (SSSR count). The molecule has 2 amide bonds. The molecule has 0 aromatic heterocycles. The molecule has 3 atom stereocenters. The predicted octanol–water partition coefficient (Wildman–Crippen LogP) is 3.23. The molecular formula is C25H39N3O5S. The number of hydroxylamine groups is 1. The molecule has 1 aliphatic carbocycles. The minimum atomic E-state index is -4.16. The average molecular weight is 494 g/mol. The van der Waals surface area contributed by atoms with Crippen LogP contribution < -0.4 is 16.7 Å². The molecule has 0 spiro atoms. The lowest BCUT2D eigenvalue weighted by atomic mass is 9.69. The number of sulfone groups is 1. The van der Waals surface area contributed by atoms with Gasteiger partial charge in [0.05, 0.1) is 5.92 Å². The summed E-state index contributed by atoms with van der Waals surface area (Å²) in [6.45, 7) is 3.58. The lowest BCUT2D eigenvalue weighted by Crippen LogP contribution is -2.64. The smallest absolute Gasteiger partial charge is 0.256 e. The number of benzene rings is 1. The van der Waals surface area contributed by atoms with E-state index >= 15 is 0 Å². The molecule has 8 nitrogen and oxygen atoms in total. The van der Waals surface area contributed by atoms with E-state index in [4.69, 9.17) is 5.84 Å². The molecule has 9 heteroatoms. The highest BCUT2D eigenvalue weighted by atomic mass is 32.2. The number of hydrogen-bond acceptors (Lipinski definition) is 6. The molecule has 1 aromatic carbocycles. The van der Waals surface area contributed by atoms with Gasteiger partial charge >= 0.3 is 0 Å². The van der Waals surface area contributed by atoms with Gasteiger partial charge in [0, 0.05) is 6.26 Å². The Morgan fingerprint density at radius 3 is 2.21 bits per heavy atom. The highest BCUT2D eigenvalue weighted by Crippen LogP contribution is 2.44. The molecule has 1 fully saturated rings. The van der Waals surface area contributed by atoms with Crippen LogP contribution in [0.1, 0.15) is 64.4 Å². The molecule has 0 radical (unpaired) electrons. The van der Waals surface area contributed by atoms with Gasteiger partial charge in [-0.1, -0.05) is 82.0 Å². The lowest BCUT2D eigenvalue weighted by Gasteiger charge is -2.42. The van der Waals surface area contributed by atoms with Crippen molar-refractivity contribution in [2.45, 2.75) is 63.5 Å². The zero-order valence-corrected chi connectivity index (χ0v) is 21.2. The van der Waals surface area contributed by atoms with Crippen LogP contribution in [0.5, 0.6) is 0 Å². The van der Waals surface area contributed by atoms with Crippen molar-refractivity contribution in [1.29, 1.82) is 0 Å². The maximum Gasteiger partial charge on any atom is 0.256 e. The van der Waals surface area contributed by atoms with Crippen molar-refractivity contribution in [3.63, 3.8) is 0 Å². The zero-order valence-electron chi connectivity index (χ0n) is 20.4. The quantitative estimate of drug-likeness (QED) is 0.130. The van der Waals surface area contributed by atoms with E-state index in [0.29, 0.717) is 0 Å². The van der Waals surface area contributed by atoms with Crippen LogP contribution >= 0.6 is 0 Å². The van der Waals surface area contributed by atoms with Gasteiger partial charge in [-0.2, -0.15) is 0 Å². The van der Waals surface area contributed by atoms with Crippen molar-refractivity contribution in [1.82, 2.24) is 10.9 Å². The first kappa shape index (κ1) is 28.0. The molecule has 1 aromatic rings. The van der Waals surface area contributed by atoms with E-state index < -0.39 is 38.2 Å². The van der Waals surface area contributed by atoms with Crippen molar-refractivity contribution in [3.8, 4) is 0 Å². The van der Waals surface area contributed by atoms with E-state index in [9.17, 15) is 23.2 Å². The molecule has 1 aliphatic rings. The Kier molecular flexibility index (Phi) is 10.3. The number of carbonyl (C=O) groups is 2. The predicted molar refractivity (Wildman–Crippen MR) is 133 cm³/mol. The topological polar surface area (TPSA) is 139 Å². The summed E-state index contributed by atoms with van der Waals surface area (Å²) in [6.07, 6.45) is 10.2. The number of nitrogens with one attached hydrogen (secondary N) is 2. The second kappa shape index (κ2) is 12.5. The number of hydrazine groups is 1. The van der Waals surface area contributed by atoms with Crippen molar-refractivity contribution in [2.75, 3.05) is 6.26 Å². The van der Waals surface area contributed by atoms with Crippen molar-refractivity contribution in [2.24, 2.45) is 29.5 Å². The average Bonchev–Trinajstić information content (AvgIpc) is 3.08. The molecule has 0 heterocycles. The fourth-order valence-electron chi connectivity index (χ4n) is 5.43. The van der Waals surface area contributed by atoms with Crippen molar-refractivity contribution in [3.05, 3.63) is 42.0 Å². The summed E-state index contributed by atoms with van der Waals surface area (Å²) >= 11 is 0. The van der Waals surface area contributed by atoms with E-state index in [1.54, 1.807) is 19.3 Å². The number of rotatable bonds is 10. The third-order valence-corrected chi connectivity index (χ3v) is 8.85. The fraction of sp³-hybridized carbons (Fsp3) is 0.600. The molecule has 1 saturated carbocycles. The van der Waals surface area contributed by atoms with Gasteiger partial charge in [-0.15, -0.1) is 0 Å². The molecule has 1 unspecified atom stereocenters. The van der Waals surface area contributed by atoms with Gasteiger partial charge in [0.15, 0.2) is 14.6 Å². The monoisotopic (exact) mass is 493 g/mol. The van der Waals surface area contributed by atoms with Crippen LogP contribution in [-0.2, 0) is 19.4 Å². The standard InChI is InChI=1S/C25H39N3O5S/c1-18(2)17-25(24(30)27-26,34(3,32)33)22(23(29)28-31)21(20-13-9-4-5-10-14-20)16-15-19-11-7-6-8-12-19/h6-8,11-12,15-16,18,20-22,31H,4-5,9-10,13-14,17,26H2,1-3H3,(H,27,30)(H,28,29)/b16-15+/t21?,22-,25+/m0/s1. The Morgan fingerprint density at radius 2 is 1.74 bits per heavy atom. The van der Waals surface area contributed by atoms with Gasteiger partial charge in [-0.25, -0.2) is 19.7 Å². The third-order valence-electron chi connectivity index (χ3n) is 6.92. The van der Waals surface area contributed by atoms with Crippen LogP contribution in [0.15, 0.2) is 36.4 Å².